The number of rotatable bonds is 10. The predicted molar refractivity (Wildman–Crippen MR) is 129 cm³/mol. The third-order valence-electron chi connectivity index (χ3n) is 5.09. The van der Waals surface area contributed by atoms with Gasteiger partial charge in [-0.1, -0.05) is 31.4 Å². The average molecular weight is 459 g/mol. The number of terminal acetylenes is 1. The average Bonchev–Trinajstić information content (AvgIpc) is 2.72. The van der Waals surface area contributed by atoms with E-state index in [1.807, 2.05) is 32.7 Å². The van der Waals surface area contributed by atoms with Crippen LogP contribution in [0, 0.1) is 12.3 Å². The van der Waals surface area contributed by atoms with Crippen LogP contribution in [0.25, 0.3) is 0 Å². The summed E-state index contributed by atoms with van der Waals surface area (Å²) < 4.78 is 5.77. The second kappa shape index (κ2) is 11.7. The van der Waals surface area contributed by atoms with Crippen molar-refractivity contribution in [2.75, 3.05) is 38.2 Å². The Labute approximate surface area is 195 Å². The number of nitrogens with zero attached hydrogens (tertiary/aromatic N) is 2. The van der Waals surface area contributed by atoms with Gasteiger partial charge < -0.3 is 19.8 Å². The molecule has 0 atom stereocenters. The largest absolute Gasteiger partial charge is 0.508 e. The lowest BCUT2D eigenvalue weighted by atomic mass is 9.98. The van der Waals surface area contributed by atoms with E-state index in [2.05, 4.69) is 5.92 Å². The highest BCUT2D eigenvalue weighted by molar-refractivity contribution is 6.32. The number of halogens is 1. The summed E-state index contributed by atoms with van der Waals surface area (Å²) in [4.78, 5) is 16.7. The van der Waals surface area contributed by atoms with E-state index in [0.717, 1.165) is 13.0 Å². The van der Waals surface area contributed by atoms with Gasteiger partial charge >= 0.3 is 0 Å². The Kier molecular flexibility index (Phi) is 9.25. The van der Waals surface area contributed by atoms with Crippen LogP contribution < -0.4 is 9.64 Å². The van der Waals surface area contributed by atoms with E-state index < -0.39 is 0 Å². The van der Waals surface area contributed by atoms with E-state index in [4.69, 9.17) is 22.8 Å². The molecule has 2 rings (SSSR count). The molecule has 2 N–H and O–H groups in total. The maximum Gasteiger partial charge on any atom is 0.262 e. The Balaban J connectivity index is 2.16. The van der Waals surface area contributed by atoms with Crippen LogP contribution in [0.15, 0.2) is 30.3 Å². The zero-order valence-electron chi connectivity index (χ0n) is 19.1. The number of phenolic OH excluding ortho intramolecular Hbond substituents is 2. The van der Waals surface area contributed by atoms with Gasteiger partial charge in [0, 0.05) is 24.8 Å². The molecule has 2 aromatic carbocycles. The lowest BCUT2D eigenvalue weighted by Crippen LogP contribution is -2.30. The molecule has 7 heteroatoms. The Bertz CT molecular complexity index is 985. The van der Waals surface area contributed by atoms with E-state index in [0.29, 0.717) is 41.7 Å². The Morgan fingerprint density at radius 2 is 1.94 bits per heavy atom. The smallest absolute Gasteiger partial charge is 0.262 e. The van der Waals surface area contributed by atoms with Crippen LogP contribution in [0.4, 0.5) is 5.69 Å². The van der Waals surface area contributed by atoms with Gasteiger partial charge in [0.05, 0.1) is 23.7 Å². The van der Waals surface area contributed by atoms with E-state index in [1.54, 1.807) is 18.2 Å². The van der Waals surface area contributed by atoms with Crippen molar-refractivity contribution in [1.29, 1.82) is 0 Å². The van der Waals surface area contributed by atoms with Gasteiger partial charge in [0.15, 0.2) is 0 Å². The molecule has 0 aliphatic carbocycles. The van der Waals surface area contributed by atoms with E-state index in [9.17, 15) is 15.0 Å². The Morgan fingerprint density at radius 3 is 2.53 bits per heavy atom. The number of amides is 1. The zero-order chi connectivity index (χ0) is 23.8. The van der Waals surface area contributed by atoms with Gasteiger partial charge in [0.25, 0.3) is 5.91 Å². The summed E-state index contributed by atoms with van der Waals surface area (Å²) in [6.07, 6.45) is 6.09. The quantitative estimate of drug-likeness (QED) is 0.392. The summed E-state index contributed by atoms with van der Waals surface area (Å²) in [6.45, 7) is 7.91. The van der Waals surface area contributed by atoms with E-state index in [-0.39, 0.29) is 28.9 Å². The van der Waals surface area contributed by atoms with Crippen LogP contribution in [0.3, 0.4) is 0 Å². The normalized spacial score (nSPS) is 10.9. The van der Waals surface area contributed by atoms with Crippen molar-refractivity contribution >= 4 is 23.2 Å². The lowest BCUT2D eigenvalue weighted by Gasteiger charge is -2.23. The van der Waals surface area contributed by atoms with Crippen molar-refractivity contribution in [3.63, 3.8) is 0 Å². The summed E-state index contributed by atoms with van der Waals surface area (Å²) in [6, 6.07) is 7.91. The predicted octanol–water partition coefficient (Wildman–Crippen LogP) is 4.88. The van der Waals surface area contributed by atoms with Crippen LogP contribution in [0.2, 0.25) is 5.02 Å². The summed E-state index contributed by atoms with van der Waals surface area (Å²) >= 11 is 6.41. The number of hydrogen-bond donors (Lipinski definition) is 2. The molecule has 0 heterocycles. The maximum atomic E-state index is 13.2. The molecular formula is C25H31ClN2O4. The van der Waals surface area contributed by atoms with Gasteiger partial charge in [0.1, 0.15) is 17.2 Å². The van der Waals surface area contributed by atoms with Crippen molar-refractivity contribution in [3.05, 3.63) is 46.5 Å². The summed E-state index contributed by atoms with van der Waals surface area (Å²) in [7, 11) is 1.95. The molecule has 0 saturated heterocycles. The van der Waals surface area contributed by atoms with Crippen molar-refractivity contribution in [1.82, 2.24) is 4.90 Å². The summed E-state index contributed by atoms with van der Waals surface area (Å²) in [5, 5.41) is 20.7. The SMILES string of the molecule is C#CCN(C)CCCOc1ccc(N(CC)C(=O)c2cc(C(C)C)c(O)cc2O)cc1Cl. The van der Waals surface area contributed by atoms with Crippen molar-refractivity contribution in [2.24, 2.45) is 0 Å². The number of hydrogen-bond acceptors (Lipinski definition) is 5. The number of carbonyl (C=O) groups is 1. The third kappa shape index (κ3) is 6.32. The number of aromatic hydroxyl groups is 2. The minimum Gasteiger partial charge on any atom is -0.508 e. The topological polar surface area (TPSA) is 73.2 Å². The molecule has 1 amide bonds. The second-order valence-corrected chi connectivity index (χ2v) is 8.30. The Morgan fingerprint density at radius 1 is 1.22 bits per heavy atom. The molecule has 0 aliphatic heterocycles. The van der Waals surface area contributed by atoms with Crippen molar-refractivity contribution in [2.45, 2.75) is 33.1 Å². The fraction of sp³-hybridized carbons (Fsp3) is 0.400. The van der Waals surface area contributed by atoms with Gasteiger partial charge in [0.2, 0.25) is 0 Å². The van der Waals surface area contributed by atoms with Crippen LogP contribution in [0.1, 0.15) is 49.0 Å². The number of phenols is 2. The monoisotopic (exact) mass is 458 g/mol. The minimum atomic E-state index is -0.381. The van der Waals surface area contributed by atoms with Gasteiger partial charge in [-0.3, -0.25) is 9.69 Å². The minimum absolute atomic E-state index is 0.00513. The first kappa shape index (κ1) is 25.4. The highest BCUT2D eigenvalue weighted by atomic mass is 35.5. The second-order valence-electron chi connectivity index (χ2n) is 7.89. The summed E-state index contributed by atoms with van der Waals surface area (Å²) in [5.41, 5.74) is 1.31. The number of ether oxygens (including phenoxy) is 1. The van der Waals surface area contributed by atoms with Gasteiger partial charge in [-0.15, -0.1) is 6.42 Å². The van der Waals surface area contributed by atoms with Crippen molar-refractivity contribution < 1.29 is 19.7 Å². The molecule has 172 valence electrons. The number of anilines is 1. The fourth-order valence-electron chi connectivity index (χ4n) is 3.34. The lowest BCUT2D eigenvalue weighted by molar-refractivity contribution is 0.0985. The van der Waals surface area contributed by atoms with Crippen LogP contribution in [0.5, 0.6) is 17.2 Å². The molecule has 0 fully saturated rings. The number of carbonyl (C=O) groups excluding carboxylic acids is 1. The van der Waals surface area contributed by atoms with Gasteiger partial charge in [-0.2, -0.15) is 0 Å². The third-order valence-corrected chi connectivity index (χ3v) is 5.38. The molecular weight excluding hydrogens is 428 g/mol. The molecule has 0 radical (unpaired) electrons. The van der Waals surface area contributed by atoms with Gasteiger partial charge in [-0.25, -0.2) is 0 Å². The molecule has 0 aromatic heterocycles. The Hall–Kier alpha value is -2.88. The first-order valence-electron chi connectivity index (χ1n) is 10.6. The highest BCUT2D eigenvalue weighted by Gasteiger charge is 2.23. The molecule has 0 bridgehead atoms. The van der Waals surface area contributed by atoms with Crippen molar-refractivity contribution in [3.8, 4) is 29.6 Å². The summed E-state index contributed by atoms with van der Waals surface area (Å²) in [5.74, 6) is 2.44. The molecule has 0 aliphatic rings. The molecule has 0 saturated carbocycles. The standard InChI is InChI=1S/C25H31ClN2O4/c1-6-11-27(5)12-8-13-32-24-10-9-18(14-21(24)26)28(7-2)25(31)20-15-19(17(3)4)22(29)16-23(20)30/h1,9-10,14-17,29-30H,7-8,11-13H2,2-5H3. The zero-order valence-corrected chi connectivity index (χ0v) is 19.8. The molecule has 2 aromatic rings. The first-order valence-corrected chi connectivity index (χ1v) is 11.0. The van der Waals surface area contributed by atoms with Crippen LogP contribution in [-0.4, -0.2) is 54.3 Å². The number of benzene rings is 2. The fourth-order valence-corrected chi connectivity index (χ4v) is 3.57. The van der Waals surface area contributed by atoms with Gasteiger partial charge in [-0.05, 0) is 56.1 Å². The molecule has 6 nitrogen and oxygen atoms in total. The molecule has 0 spiro atoms. The molecule has 0 unspecified atom stereocenters. The van der Waals surface area contributed by atoms with E-state index in [1.165, 1.54) is 17.0 Å². The first-order chi connectivity index (χ1) is 15.2. The maximum absolute atomic E-state index is 13.2. The molecule has 32 heavy (non-hydrogen) atoms. The van der Waals surface area contributed by atoms with E-state index >= 15 is 0 Å². The highest BCUT2D eigenvalue weighted by Crippen LogP contribution is 2.35. The van der Waals surface area contributed by atoms with Crippen LogP contribution in [-0.2, 0) is 0 Å². The van der Waals surface area contributed by atoms with Crippen LogP contribution >= 0.6 is 11.6 Å².